The Labute approximate surface area is 174 Å². The highest BCUT2D eigenvalue weighted by molar-refractivity contribution is 5.85. The first-order valence-electron chi connectivity index (χ1n) is 10.6. The average molecular weight is 409 g/mol. The number of hydrogen-bond donors (Lipinski definition) is 3. The number of nitrogens with one attached hydrogen (secondary N) is 3. The van der Waals surface area contributed by atoms with Crippen LogP contribution in [0.2, 0.25) is 0 Å². The lowest BCUT2D eigenvalue weighted by Crippen LogP contribution is -2.51. The van der Waals surface area contributed by atoms with E-state index in [-0.39, 0.29) is 18.0 Å². The second-order valence-corrected chi connectivity index (χ2v) is 8.04. The molecule has 2 atom stereocenters. The fraction of sp³-hybridized carbons (Fsp3) is 0.500. The van der Waals surface area contributed by atoms with Crippen molar-refractivity contribution in [1.29, 1.82) is 0 Å². The van der Waals surface area contributed by atoms with Crippen molar-refractivity contribution < 1.29 is 4.79 Å². The SMILES string of the molecule is Cn1cnc(Nc2nc(N3CCC[C@H]3C(=O)N[C@@H]3CCCNC3)nc3cccn23)c1. The Morgan fingerprint density at radius 2 is 2.20 bits per heavy atom. The number of carbonyl (C=O) groups excluding carboxylic acids is 1. The second kappa shape index (κ2) is 7.94. The molecule has 0 bridgehead atoms. The second-order valence-electron chi connectivity index (χ2n) is 8.04. The zero-order valence-electron chi connectivity index (χ0n) is 17.1. The number of carbonyl (C=O) groups is 1. The number of hydrogen-bond acceptors (Lipinski definition) is 7. The summed E-state index contributed by atoms with van der Waals surface area (Å²) in [6.07, 6.45) is 9.41. The van der Waals surface area contributed by atoms with Crippen molar-refractivity contribution in [2.75, 3.05) is 29.9 Å². The summed E-state index contributed by atoms with van der Waals surface area (Å²) in [5.74, 6) is 1.97. The monoisotopic (exact) mass is 409 g/mol. The predicted molar refractivity (Wildman–Crippen MR) is 114 cm³/mol. The van der Waals surface area contributed by atoms with Gasteiger partial charge in [0, 0.05) is 38.6 Å². The first kappa shape index (κ1) is 18.9. The van der Waals surface area contributed by atoms with Crippen LogP contribution in [0.5, 0.6) is 0 Å². The van der Waals surface area contributed by atoms with Crippen molar-refractivity contribution >= 4 is 29.3 Å². The van der Waals surface area contributed by atoms with E-state index in [1.54, 1.807) is 6.33 Å². The van der Waals surface area contributed by atoms with E-state index in [2.05, 4.69) is 20.9 Å². The fourth-order valence-electron chi connectivity index (χ4n) is 4.28. The van der Waals surface area contributed by atoms with E-state index < -0.39 is 0 Å². The van der Waals surface area contributed by atoms with Gasteiger partial charge >= 0.3 is 0 Å². The average Bonchev–Trinajstić information content (AvgIpc) is 3.49. The number of anilines is 3. The molecular formula is C20H27N9O. The van der Waals surface area contributed by atoms with Crippen molar-refractivity contribution in [3.63, 3.8) is 0 Å². The van der Waals surface area contributed by atoms with Crippen molar-refractivity contribution in [3.05, 3.63) is 30.9 Å². The van der Waals surface area contributed by atoms with Crippen molar-refractivity contribution in [3.8, 4) is 0 Å². The maximum absolute atomic E-state index is 13.0. The van der Waals surface area contributed by atoms with E-state index >= 15 is 0 Å². The lowest BCUT2D eigenvalue weighted by atomic mass is 10.1. The van der Waals surface area contributed by atoms with Gasteiger partial charge in [-0.3, -0.25) is 9.20 Å². The molecule has 2 saturated heterocycles. The van der Waals surface area contributed by atoms with Crippen LogP contribution in [0.1, 0.15) is 25.7 Å². The van der Waals surface area contributed by atoms with Gasteiger partial charge in [0.1, 0.15) is 11.7 Å². The number of aromatic nitrogens is 5. The van der Waals surface area contributed by atoms with Gasteiger partial charge in [0.25, 0.3) is 0 Å². The summed E-state index contributed by atoms with van der Waals surface area (Å²) < 4.78 is 3.76. The number of imidazole rings is 1. The van der Waals surface area contributed by atoms with E-state index in [1.165, 1.54) is 0 Å². The Hall–Kier alpha value is -3.14. The molecule has 10 nitrogen and oxygen atoms in total. The Balaban J connectivity index is 1.40. The Bertz CT molecular complexity index is 1040. The topological polar surface area (TPSA) is 104 Å². The van der Waals surface area contributed by atoms with Crippen LogP contribution in [0.4, 0.5) is 17.7 Å². The molecule has 2 fully saturated rings. The third kappa shape index (κ3) is 3.70. The van der Waals surface area contributed by atoms with Crippen LogP contribution in [0.15, 0.2) is 30.9 Å². The molecule has 2 aliphatic heterocycles. The Morgan fingerprint density at radius 1 is 1.27 bits per heavy atom. The van der Waals surface area contributed by atoms with Gasteiger partial charge in [0.05, 0.1) is 6.33 Å². The molecule has 1 amide bonds. The number of fused-ring (bicyclic) bond motifs is 1. The largest absolute Gasteiger partial charge is 0.350 e. The molecule has 3 aromatic heterocycles. The van der Waals surface area contributed by atoms with Crippen molar-refractivity contribution in [1.82, 2.24) is 34.6 Å². The zero-order chi connectivity index (χ0) is 20.5. The molecule has 2 aliphatic rings. The van der Waals surface area contributed by atoms with Gasteiger partial charge in [0.2, 0.25) is 17.8 Å². The van der Waals surface area contributed by atoms with Crippen LogP contribution in [-0.4, -0.2) is 61.5 Å². The number of piperidine rings is 1. The highest BCUT2D eigenvalue weighted by Gasteiger charge is 2.34. The van der Waals surface area contributed by atoms with E-state index in [1.807, 2.05) is 45.4 Å². The highest BCUT2D eigenvalue weighted by Crippen LogP contribution is 2.26. The van der Waals surface area contributed by atoms with E-state index in [0.717, 1.165) is 51.0 Å². The Morgan fingerprint density at radius 3 is 3.00 bits per heavy atom. The number of rotatable bonds is 5. The van der Waals surface area contributed by atoms with E-state index in [9.17, 15) is 4.79 Å². The molecule has 158 valence electrons. The maximum Gasteiger partial charge on any atom is 0.243 e. The minimum Gasteiger partial charge on any atom is -0.350 e. The summed E-state index contributed by atoms with van der Waals surface area (Å²) >= 11 is 0. The summed E-state index contributed by atoms with van der Waals surface area (Å²) in [6.45, 7) is 2.63. The molecule has 0 radical (unpaired) electrons. The molecule has 0 aromatic carbocycles. The van der Waals surface area contributed by atoms with Gasteiger partial charge in [-0.05, 0) is 44.4 Å². The summed E-state index contributed by atoms with van der Waals surface area (Å²) in [4.78, 5) is 28.9. The van der Waals surface area contributed by atoms with Gasteiger partial charge in [-0.15, -0.1) is 0 Å². The molecule has 3 aromatic rings. The van der Waals surface area contributed by atoms with Crippen molar-refractivity contribution in [2.45, 2.75) is 37.8 Å². The number of aryl methyl sites for hydroxylation is 1. The summed E-state index contributed by atoms with van der Waals surface area (Å²) in [5.41, 5.74) is 0.779. The van der Waals surface area contributed by atoms with Gasteiger partial charge in [-0.25, -0.2) is 4.98 Å². The summed E-state index contributed by atoms with van der Waals surface area (Å²) in [7, 11) is 1.92. The number of nitrogens with zero attached hydrogens (tertiary/aromatic N) is 6. The molecule has 0 saturated carbocycles. The maximum atomic E-state index is 13.0. The van der Waals surface area contributed by atoms with Crippen LogP contribution in [0.3, 0.4) is 0 Å². The first-order chi connectivity index (χ1) is 14.7. The fourth-order valence-corrected chi connectivity index (χ4v) is 4.28. The molecule has 0 aliphatic carbocycles. The Kier molecular flexibility index (Phi) is 4.99. The van der Waals surface area contributed by atoms with E-state index in [0.29, 0.717) is 17.7 Å². The molecule has 10 heteroatoms. The predicted octanol–water partition coefficient (Wildman–Crippen LogP) is 1.04. The normalized spacial score (nSPS) is 21.8. The van der Waals surface area contributed by atoms with Crippen LogP contribution in [-0.2, 0) is 11.8 Å². The lowest BCUT2D eigenvalue weighted by Gasteiger charge is -2.28. The molecule has 3 N–H and O–H groups in total. The van der Waals surface area contributed by atoms with Gasteiger partial charge < -0.3 is 25.4 Å². The van der Waals surface area contributed by atoms with Crippen LogP contribution in [0, 0.1) is 0 Å². The molecule has 0 unspecified atom stereocenters. The summed E-state index contributed by atoms with van der Waals surface area (Å²) in [5, 5.41) is 9.84. The third-order valence-electron chi connectivity index (χ3n) is 5.78. The third-order valence-corrected chi connectivity index (χ3v) is 5.78. The van der Waals surface area contributed by atoms with Gasteiger partial charge in [-0.1, -0.05) is 0 Å². The van der Waals surface area contributed by atoms with Crippen LogP contribution in [0.25, 0.3) is 5.65 Å². The standard InChI is InChI=1S/C20H27N9O/c1-27-12-16(22-13-27)24-19-26-20(25-17-7-4-10-29(17)19)28-9-3-6-15(28)18(30)23-14-5-2-8-21-11-14/h4,7,10,12-15,21H,2-3,5-6,8-9,11H2,1H3,(H,23,30)(H,24,25,26)/t14-,15+/m1/s1. The molecular weight excluding hydrogens is 382 g/mol. The molecule has 0 spiro atoms. The highest BCUT2D eigenvalue weighted by atomic mass is 16.2. The lowest BCUT2D eigenvalue weighted by molar-refractivity contribution is -0.123. The quantitative estimate of drug-likeness (QED) is 0.578. The minimum atomic E-state index is -0.243. The molecule has 30 heavy (non-hydrogen) atoms. The first-order valence-corrected chi connectivity index (χ1v) is 10.6. The smallest absolute Gasteiger partial charge is 0.243 e. The van der Waals surface area contributed by atoms with Crippen LogP contribution < -0.4 is 20.9 Å². The number of amides is 1. The van der Waals surface area contributed by atoms with Gasteiger partial charge in [0.15, 0.2) is 5.82 Å². The summed E-state index contributed by atoms with van der Waals surface area (Å²) in [6, 6.07) is 3.83. The minimum absolute atomic E-state index is 0.0688. The molecule has 5 rings (SSSR count). The van der Waals surface area contributed by atoms with Gasteiger partial charge in [-0.2, -0.15) is 9.97 Å². The molecule has 5 heterocycles. The van der Waals surface area contributed by atoms with Crippen molar-refractivity contribution in [2.24, 2.45) is 7.05 Å². The van der Waals surface area contributed by atoms with E-state index in [4.69, 9.17) is 9.97 Å². The van der Waals surface area contributed by atoms with Crippen LogP contribution >= 0.6 is 0 Å². The zero-order valence-corrected chi connectivity index (χ0v) is 17.1.